The van der Waals surface area contributed by atoms with Crippen molar-refractivity contribution in [2.24, 2.45) is 0 Å². The van der Waals surface area contributed by atoms with Gasteiger partial charge < -0.3 is 0 Å². The van der Waals surface area contributed by atoms with Gasteiger partial charge in [0, 0.05) is 0 Å². The van der Waals surface area contributed by atoms with Crippen LogP contribution in [0.2, 0.25) is 0 Å². The first kappa shape index (κ1) is 12.4. The Morgan fingerprint density at radius 2 is 1.22 bits per heavy atom. The Morgan fingerprint density at radius 3 is 1.22 bits per heavy atom. The van der Waals surface area contributed by atoms with E-state index in [0.717, 1.165) is 0 Å². The van der Waals surface area contributed by atoms with Gasteiger partial charge in [0.25, 0.3) is 0 Å². The van der Waals surface area contributed by atoms with Gasteiger partial charge in [-0.2, -0.15) is 8.42 Å². The summed E-state index contributed by atoms with van der Waals surface area (Å²) in [6, 6.07) is 0. The van der Waals surface area contributed by atoms with Crippen LogP contribution in [0.15, 0.2) is 0 Å². The van der Waals surface area contributed by atoms with Crippen molar-refractivity contribution in [2.75, 3.05) is 0 Å². The van der Waals surface area contributed by atoms with Gasteiger partial charge in [0.15, 0.2) is 0 Å². The molecular formula is H5AsO6S2. The van der Waals surface area contributed by atoms with Crippen molar-refractivity contribution in [3.8, 4) is 0 Å². The zero-order valence-electron chi connectivity index (χ0n) is 3.91. The fourth-order valence-corrected chi connectivity index (χ4v) is 0. The minimum atomic E-state index is -3.97. The third-order valence-electron chi connectivity index (χ3n) is 0. The van der Waals surface area contributed by atoms with E-state index >= 15 is 0 Å². The summed E-state index contributed by atoms with van der Waals surface area (Å²) in [4.78, 5) is 0. The SMILES string of the molecule is O=S(=O)(O)S.O[As](O)O. The normalized spacial score (nSPS) is 10.4. The number of rotatable bonds is 0. The van der Waals surface area contributed by atoms with Crippen LogP contribution < -0.4 is 0 Å². The molecule has 9 heavy (non-hydrogen) atoms. The van der Waals surface area contributed by atoms with Gasteiger partial charge in [-0.05, 0) is 11.7 Å². The summed E-state index contributed by atoms with van der Waals surface area (Å²) < 4.78 is 47.4. The van der Waals surface area contributed by atoms with Gasteiger partial charge in [-0.1, -0.05) is 0 Å². The third kappa shape index (κ3) is 800. The minimum absolute atomic E-state index is 2.65. The van der Waals surface area contributed by atoms with Crippen LogP contribution in [0.25, 0.3) is 0 Å². The summed E-state index contributed by atoms with van der Waals surface area (Å²) in [7, 11) is -3.97. The molecule has 0 aliphatic rings. The molecule has 0 amide bonds. The first-order valence-corrected chi connectivity index (χ1v) is 6.31. The Labute approximate surface area is 62.0 Å². The van der Waals surface area contributed by atoms with Crippen molar-refractivity contribution in [1.82, 2.24) is 0 Å². The molecule has 0 aromatic carbocycles. The number of hydrogen-bond donors (Lipinski definition) is 5. The van der Waals surface area contributed by atoms with Crippen molar-refractivity contribution in [3.05, 3.63) is 0 Å². The van der Waals surface area contributed by atoms with E-state index in [-0.39, 0.29) is 0 Å². The topological polar surface area (TPSA) is 115 Å². The second-order valence-electron chi connectivity index (χ2n) is 0.716. The van der Waals surface area contributed by atoms with Gasteiger partial charge in [0.1, 0.15) is 0 Å². The first-order chi connectivity index (χ1) is 3.73. The molecule has 0 aliphatic heterocycles. The summed E-state index contributed by atoms with van der Waals surface area (Å²) in [6.07, 6.45) is 0. The molecule has 0 atom stereocenters. The molecule has 0 saturated carbocycles. The van der Waals surface area contributed by atoms with E-state index in [9.17, 15) is 0 Å². The van der Waals surface area contributed by atoms with Crippen LogP contribution in [0.3, 0.4) is 0 Å². The molecule has 0 unspecified atom stereocenters. The maximum atomic E-state index is 9.05. The molecule has 9 heteroatoms. The summed E-state index contributed by atoms with van der Waals surface area (Å²) >= 11 is -0.537. The molecule has 0 aromatic rings. The van der Waals surface area contributed by atoms with Gasteiger partial charge in [-0.3, -0.25) is 4.55 Å². The fraction of sp³-hybridized carbons (Fsp3) is 0. The molecule has 6 nitrogen and oxygen atoms in total. The van der Waals surface area contributed by atoms with Gasteiger partial charge in [-0.25, -0.2) is 0 Å². The maximum absolute atomic E-state index is 9.05. The Hall–Kier alpha value is 0.698. The van der Waals surface area contributed by atoms with Gasteiger partial charge in [-0.15, -0.1) is 0 Å². The summed E-state index contributed by atoms with van der Waals surface area (Å²) in [5.74, 6) is 0. The Morgan fingerprint density at radius 1 is 1.22 bits per heavy atom. The van der Waals surface area contributed by atoms with E-state index in [0.29, 0.717) is 0 Å². The van der Waals surface area contributed by atoms with E-state index in [1.54, 1.807) is 0 Å². The Bertz CT molecular complexity index is 122. The molecular weight excluding hydrogens is 235 g/mol. The molecule has 0 radical (unpaired) electrons. The average Bonchev–Trinajstić information content (AvgIpc) is 1.19. The predicted molar refractivity (Wildman–Crippen MR) is 32.9 cm³/mol. The van der Waals surface area contributed by atoms with Crippen LogP contribution >= 0.6 is 11.7 Å². The van der Waals surface area contributed by atoms with Crippen LogP contribution in [-0.2, 0) is 9.15 Å². The summed E-state index contributed by atoms with van der Waals surface area (Å²) in [5.41, 5.74) is 0. The predicted octanol–water partition coefficient (Wildman–Crippen LogP) is -2.33. The summed E-state index contributed by atoms with van der Waals surface area (Å²) in [6.45, 7) is 0. The van der Waals surface area contributed by atoms with Crippen molar-refractivity contribution in [1.29, 1.82) is 0 Å². The monoisotopic (exact) mass is 240 g/mol. The molecule has 4 N–H and O–H groups in total. The van der Waals surface area contributed by atoms with Crippen LogP contribution in [0.1, 0.15) is 0 Å². The molecule has 0 fully saturated rings. The van der Waals surface area contributed by atoms with E-state index in [1.807, 2.05) is 0 Å². The van der Waals surface area contributed by atoms with Crippen molar-refractivity contribution >= 4 is 36.5 Å². The Kier molecular flexibility index (Phi) is 7.54. The Balaban J connectivity index is 0. The zero-order valence-corrected chi connectivity index (χ0v) is 7.50. The quantitative estimate of drug-likeness (QED) is 0.140. The van der Waals surface area contributed by atoms with Crippen molar-refractivity contribution < 1.29 is 25.3 Å². The van der Waals surface area contributed by atoms with Crippen molar-refractivity contribution in [2.45, 2.75) is 0 Å². The average molecular weight is 240 g/mol. The van der Waals surface area contributed by atoms with Gasteiger partial charge >= 0.3 is 37.1 Å². The van der Waals surface area contributed by atoms with E-state index in [1.165, 1.54) is 0 Å². The molecule has 0 aliphatic carbocycles. The third-order valence-corrected chi connectivity index (χ3v) is 0. The van der Waals surface area contributed by atoms with Gasteiger partial charge in [0.2, 0.25) is 0 Å². The van der Waals surface area contributed by atoms with Crippen LogP contribution in [0.5, 0.6) is 0 Å². The first-order valence-electron chi connectivity index (χ1n) is 1.30. The molecule has 58 valence electrons. The fourth-order valence-electron chi connectivity index (χ4n) is 0. The molecule has 0 rings (SSSR count). The molecule has 0 aromatic heterocycles. The molecule has 0 spiro atoms. The number of thiol groups is 1. The van der Waals surface area contributed by atoms with Crippen LogP contribution in [0.4, 0.5) is 0 Å². The summed E-state index contributed by atoms with van der Waals surface area (Å²) in [5, 5.41) is 0. The van der Waals surface area contributed by atoms with E-state index in [2.05, 4.69) is 11.7 Å². The standard InChI is InChI=1S/AsH3O3.H2O3S2/c2-1(3)4;1-5(2,3)4/h2-4H;(H2,1,2,3,4). The van der Waals surface area contributed by atoms with E-state index in [4.69, 9.17) is 25.3 Å². The van der Waals surface area contributed by atoms with E-state index < -0.39 is 24.8 Å². The van der Waals surface area contributed by atoms with Crippen LogP contribution in [0, 0.1) is 0 Å². The molecule has 0 heterocycles. The van der Waals surface area contributed by atoms with Crippen molar-refractivity contribution in [3.63, 3.8) is 0 Å². The second kappa shape index (κ2) is 5.48. The van der Waals surface area contributed by atoms with Gasteiger partial charge in [0.05, 0.1) is 0 Å². The number of hydrogen-bond acceptors (Lipinski definition) is 5. The molecule has 0 bridgehead atoms. The zero-order chi connectivity index (χ0) is 8.08. The van der Waals surface area contributed by atoms with Crippen LogP contribution in [-0.4, -0.2) is 40.9 Å². The second-order valence-corrected chi connectivity index (χ2v) is 4.12. The molecule has 0 saturated heterocycles.